The quantitative estimate of drug-likeness (QED) is 0.175. The van der Waals surface area contributed by atoms with Crippen molar-refractivity contribution in [1.82, 2.24) is 0 Å². The van der Waals surface area contributed by atoms with Crippen LogP contribution in [0.15, 0.2) is 133 Å². The lowest BCUT2D eigenvalue weighted by Crippen LogP contribution is -2.62. The van der Waals surface area contributed by atoms with Crippen LogP contribution in [-0.4, -0.2) is 6.71 Å². The van der Waals surface area contributed by atoms with Crippen molar-refractivity contribution in [3.8, 4) is 11.1 Å². The Labute approximate surface area is 287 Å². The summed E-state index contributed by atoms with van der Waals surface area (Å²) in [7, 11) is 0. The first-order chi connectivity index (χ1) is 23.8. The van der Waals surface area contributed by atoms with Crippen molar-refractivity contribution in [3.05, 3.63) is 162 Å². The van der Waals surface area contributed by atoms with Gasteiger partial charge in [0.1, 0.15) is 5.82 Å². The van der Waals surface area contributed by atoms with Crippen LogP contribution < -0.4 is 26.2 Å². The lowest BCUT2D eigenvalue weighted by Gasteiger charge is -2.45. The molecule has 0 fully saturated rings. The Hall–Kier alpha value is -5.61. The van der Waals surface area contributed by atoms with Crippen molar-refractivity contribution in [2.75, 3.05) is 9.80 Å². The molecule has 0 radical (unpaired) electrons. The minimum absolute atomic E-state index is 0.0310. The molecule has 234 valence electrons. The molecule has 0 unspecified atom stereocenters. The Morgan fingerprint density at radius 1 is 0.510 bits per heavy atom. The molecule has 4 heteroatoms. The smallest absolute Gasteiger partial charge is 0.253 e. The van der Waals surface area contributed by atoms with E-state index < -0.39 is 0 Å². The average Bonchev–Trinajstić information content (AvgIpc) is 3.35. The SMILES string of the molecule is Cc1ccccc1N1c2cccc3c2B(c2c1ccc1c2-c2ccccc2C1(C)C)c1c(ccc2ccccc12)N3c1ccc(F)cc1C. The lowest BCUT2D eigenvalue weighted by molar-refractivity contribution is 0.626. The van der Waals surface area contributed by atoms with E-state index in [1.54, 1.807) is 12.1 Å². The highest BCUT2D eigenvalue weighted by atomic mass is 19.1. The Morgan fingerprint density at radius 2 is 1.12 bits per heavy atom. The van der Waals surface area contributed by atoms with Crippen LogP contribution in [0.4, 0.5) is 38.5 Å². The summed E-state index contributed by atoms with van der Waals surface area (Å²) >= 11 is 0. The molecular weight excluding hydrogens is 598 g/mol. The van der Waals surface area contributed by atoms with Crippen molar-refractivity contribution in [2.45, 2.75) is 33.1 Å². The van der Waals surface area contributed by atoms with E-state index in [1.165, 1.54) is 72.0 Å². The first-order valence-electron chi connectivity index (χ1n) is 17.2. The predicted molar refractivity (Wildman–Crippen MR) is 205 cm³/mol. The summed E-state index contributed by atoms with van der Waals surface area (Å²) in [5, 5.41) is 2.46. The molecule has 0 N–H and O–H groups in total. The summed E-state index contributed by atoms with van der Waals surface area (Å²) < 4.78 is 14.6. The molecule has 3 aliphatic rings. The zero-order valence-corrected chi connectivity index (χ0v) is 28.1. The molecule has 0 bridgehead atoms. The number of nitrogens with zero attached hydrogens (tertiary/aromatic N) is 2. The second-order valence-electron chi connectivity index (χ2n) is 14.3. The lowest BCUT2D eigenvalue weighted by atomic mass is 9.32. The van der Waals surface area contributed by atoms with Crippen LogP contribution in [0.25, 0.3) is 21.9 Å². The third-order valence-corrected chi connectivity index (χ3v) is 11.4. The number of rotatable bonds is 2. The van der Waals surface area contributed by atoms with Crippen LogP contribution in [0.1, 0.15) is 36.1 Å². The fourth-order valence-corrected chi connectivity index (χ4v) is 9.20. The minimum atomic E-state index is -0.221. The summed E-state index contributed by atoms with van der Waals surface area (Å²) in [4.78, 5) is 4.88. The topological polar surface area (TPSA) is 6.48 Å². The zero-order chi connectivity index (χ0) is 33.2. The fourth-order valence-electron chi connectivity index (χ4n) is 9.20. The molecule has 0 spiro atoms. The maximum absolute atomic E-state index is 14.6. The third kappa shape index (κ3) is 3.72. The number of para-hydroxylation sites is 1. The highest BCUT2D eigenvalue weighted by Crippen LogP contribution is 2.52. The van der Waals surface area contributed by atoms with Gasteiger partial charge in [-0.05, 0) is 123 Å². The van der Waals surface area contributed by atoms with Gasteiger partial charge in [0.15, 0.2) is 0 Å². The van der Waals surface area contributed by atoms with Gasteiger partial charge in [0.25, 0.3) is 6.71 Å². The number of fused-ring (bicyclic) bond motifs is 10. The van der Waals surface area contributed by atoms with E-state index >= 15 is 0 Å². The second kappa shape index (κ2) is 9.96. The summed E-state index contributed by atoms with van der Waals surface area (Å²) in [6.07, 6.45) is 0. The summed E-state index contributed by atoms with van der Waals surface area (Å²) in [6.45, 7) is 8.93. The molecule has 10 rings (SSSR count). The predicted octanol–water partition coefficient (Wildman–Crippen LogP) is 9.98. The molecule has 0 aromatic heterocycles. The summed E-state index contributed by atoms with van der Waals surface area (Å²) in [5.74, 6) is -0.221. The van der Waals surface area contributed by atoms with Crippen LogP contribution in [0.3, 0.4) is 0 Å². The van der Waals surface area contributed by atoms with Gasteiger partial charge in [0.2, 0.25) is 0 Å². The largest absolute Gasteiger partial charge is 0.311 e. The van der Waals surface area contributed by atoms with E-state index in [1.807, 2.05) is 13.0 Å². The number of halogens is 1. The first-order valence-corrected chi connectivity index (χ1v) is 17.2. The molecule has 0 amide bonds. The van der Waals surface area contributed by atoms with Gasteiger partial charge in [0.05, 0.1) is 0 Å². The number of anilines is 6. The molecule has 0 saturated heterocycles. The molecule has 2 nitrogen and oxygen atoms in total. The van der Waals surface area contributed by atoms with E-state index in [4.69, 9.17) is 0 Å². The van der Waals surface area contributed by atoms with Gasteiger partial charge < -0.3 is 9.80 Å². The van der Waals surface area contributed by atoms with Crippen molar-refractivity contribution in [2.24, 2.45) is 0 Å². The van der Waals surface area contributed by atoms with E-state index in [9.17, 15) is 4.39 Å². The molecule has 7 aromatic rings. The number of benzene rings is 7. The highest BCUT2D eigenvalue weighted by molar-refractivity contribution is 7.02. The van der Waals surface area contributed by atoms with Gasteiger partial charge in [-0.25, -0.2) is 4.39 Å². The van der Waals surface area contributed by atoms with Gasteiger partial charge in [-0.1, -0.05) is 98.8 Å². The Bertz CT molecular complexity index is 2550. The van der Waals surface area contributed by atoms with Crippen molar-refractivity contribution < 1.29 is 4.39 Å². The van der Waals surface area contributed by atoms with Crippen molar-refractivity contribution in [1.29, 1.82) is 0 Å². The van der Waals surface area contributed by atoms with Crippen LogP contribution in [0, 0.1) is 19.7 Å². The van der Waals surface area contributed by atoms with Gasteiger partial charge in [-0.15, -0.1) is 0 Å². The molecule has 49 heavy (non-hydrogen) atoms. The van der Waals surface area contributed by atoms with Gasteiger partial charge in [-0.3, -0.25) is 0 Å². The normalized spacial score (nSPS) is 14.7. The first kappa shape index (κ1) is 28.4. The van der Waals surface area contributed by atoms with Gasteiger partial charge >= 0.3 is 0 Å². The van der Waals surface area contributed by atoms with Crippen molar-refractivity contribution >= 4 is 68.0 Å². The van der Waals surface area contributed by atoms with Crippen LogP contribution in [0.2, 0.25) is 0 Å². The molecule has 2 aliphatic heterocycles. The standard InChI is InChI=1S/C45H34BFN2/c1-27-12-5-10-17-35(27)48-37-18-11-19-38-43(37)46(44-40(48)25-22-34-41(44)32-15-8-9-16-33(32)45(34,3)4)42-31-14-7-6-13-29(31)20-23-39(42)49(38)36-24-21-30(47)26-28(36)2/h5-26H,1-4H3. The zero-order valence-electron chi connectivity index (χ0n) is 28.1. The molecule has 0 atom stereocenters. The molecular formula is C45H34BFN2. The monoisotopic (exact) mass is 632 g/mol. The van der Waals surface area contributed by atoms with E-state index in [0.717, 1.165) is 22.6 Å². The van der Waals surface area contributed by atoms with E-state index in [-0.39, 0.29) is 17.9 Å². The van der Waals surface area contributed by atoms with Gasteiger partial charge in [0, 0.05) is 39.5 Å². The third-order valence-electron chi connectivity index (χ3n) is 11.4. The molecule has 2 heterocycles. The number of aryl methyl sites for hydroxylation is 2. The average molecular weight is 633 g/mol. The van der Waals surface area contributed by atoms with E-state index in [0.29, 0.717) is 0 Å². The van der Waals surface area contributed by atoms with E-state index in [2.05, 4.69) is 146 Å². The number of hydrogen-bond acceptors (Lipinski definition) is 2. The summed E-state index contributed by atoms with van der Waals surface area (Å²) in [6, 6.07) is 47.7. The van der Waals surface area contributed by atoms with Crippen LogP contribution >= 0.6 is 0 Å². The van der Waals surface area contributed by atoms with Crippen LogP contribution in [-0.2, 0) is 5.41 Å². The second-order valence-corrected chi connectivity index (χ2v) is 14.3. The Morgan fingerprint density at radius 3 is 1.92 bits per heavy atom. The number of hydrogen-bond donors (Lipinski definition) is 0. The highest BCUT2D eigenvalue weighted by Gasteiger charge is 2.48. The van der Waals surface area contributed by atoms with Gasteiger partial charge in [-0.2, -0.15) is 0 Å². The Balaban J connectivity index is 1.41. The molecule has 1 aliphatic carbocycles. The minimum Gasteiger partial charge on any atom is -0.311 e. The fraction of sp³-hybridized carbons (Fsp3) is 0.111. The molecule has 0 saturated carbocycles. The maximum atomic E-state index is 14.6. The maximum Gasteiger partial charge on any atom is 0.253 e. The molecule has 7 aromatic carbocycles. The summed E-state index contributed by atoms with van der Waals surface area (Å²) in [5.41, 5.74) is 18.2. The van der Waals surface area contributed by atoms with Crippen molar-refractivity contribution in [3.63, 3.8) is 0 Å². The van der Waals surface area contributed by atoms with Crippen LogP contribution in [0.5, 0.6) is 0 Å². The Kier molecular flexibility index (Phi) is 5.78.